The van der Waals surface area contributed by atoms with Gasteiger partial charge >= 0.3 is 0 Å². The van der Waals surface area contributed by atoms with Crippen LogP contribution >= 0.6 is 23.2 Å². The fraction of sp³-hybridized carbons (Fsp3) is 0.520. The largest absolute Gasteiger partial charge is 0.493 e. The predicted molar refractivity (Wildman–Crippen MR) is 123 cm³/mol. The van der Waals surface area contributed by atoms with Crippen molar-refractivity contribution in [3.05, 3.63) is 57.6 Å². The van der Waals surface area contributed by atoms with Crippen LogP contribution < -0.4 is 14.8 Å². The fourth-order valence-corrected chi connectivity index (χ4v) is 6.98. The molecule has 0 aromatic heterocycles. The van der Waals surface area contributed by atoms with Gasteiger partial charge in [-0.3, -0.25) is 0 Å². The highest BCUT2D eigenvalue weighted by Gasteiger charge is 2.56. The van der Waals surface area contributed by atoms with Crippen LogP contribution in [0.15, 0.2) is 36.4 Å². The van der Waals surface area contributed by atoms with Gasteiger partial charge in [0, 0.05) is 33.3 Å². The summed E-state index contributed by atoms with van der Waals surface area (Å²) in [5.41, 5.74) is 1.47. The van der Waals surface area contributed by atoms with E-state index in [4.69, 9.17) is 32.7 Å². The normalized spacial score (nSPS) is 31.1. The van der Waals surface area contributed by atoms with Crippen LogP contribution in [-0.2, 0) is 13.2 Å². The molecule has 0 spiro atoms. The number of aliphatic hydroxyl groups is 1. The molecule has 0 heterocycles. The summed E-state index contributed by atoms with van der Waals surface area (Å²) >= 11 is 12.3. The lowest BCUT2D eigenvalue weighted by atomic mass is 9.51. The highest BCUT2D eigenvalue weighted by Crippen LogP contribution is 2.57. The zero-order valence-corrected chi connectivity index (χ0v) is 19.3. The second-order valence-electron chi connectivity index (χ2n) is 9.79. The van der Waals surface area contributed by atoms with Crippen LogP contribution in [0.25, 0.3) is 0 Å². The second-order valence-corrected chi connectivity index (χ2v) is 10.6. The highest BCUT2D eigenvalue weighted by molar-refractivity contribution is 6.35. The van der Waals surface area contributed by atoms with Crippen molar-refractivity contribution < 1.29 is 14.6 Å². The van der Waals surface area contributed by atoms with Gasteiger partial charge in [-0.15, -0.1) is 0 Å². The van der Waals surface area contributed by atoms with Gasteiger partial charge in [0.2, 0.25) is 0 Å². The summed E-state index contributed by atoms with van der Waals surface area (Å²) in [6.07, 6.45) is 6.40. The third kappa shape index (κ3) is 4.28. The van der Waals surface area contributed by atoms with E-state index >= 15 is 0 Å². The van der Waals surface area contributed by atoms with Crippen molar-refractivity contribution in [2.24, 2.45) is 11.8 Å². The number of rotatable bonds is 7. The third-order valence-corrected chi connectivity index (χ3v) is 7.94. The maximum absolute atomic E-state index is 11.1. The molecular formula is C25H29Cl2NO3. The summed E-state index contributed by atoms with van der Waals surface area (Å²) in [7, 11) is 1.66. The predicted octanol–water partition coefficient (Wildman–Crippen LogP) is 5.75. The number of benzene rings is 2. The van der Waals surface area contributed by atoms with Gasteiger partial charge in [0.1, 0.15) is 6.61 Å². The minimum Gasteiger partial charge on any atom is -0.493 e. The second kappa shape index (κ2) is 8.15. The van der Waals surface area contributed by atoms with E-state index in [1.165, 1.54) is 6.42 Å². The van der Waals surface area contributed by atoms with Crippen LogP contribution in [0.2, 0.25) is 10.0 Å². The first kappa shape index (κ1) is 21.4. The summed E-state index contributed by atoms with van der Waals surface area (Å²) < 4.78 is 11.8. The van der Waals surface area contributed by atoms with E-state index in [2.05, 4.69) is 11.4 Å². The van der Waals surface area contributed by atoms with Gasteiger partial charge in [0.15, 0.2) is 11.5 Å². The van der Waals surface area contributed by atoms with E-state index in [9.17, 15) is 5.11 Å². The molecule has 2 aromatic carbocycles. The maximum Gasteiger partial charge on any atom is 0.166 e. The molecule has 2 unspecified atom stereocenters. The number of halogens is 2. The number of hydrogen-bond donors (Lipinski definition) is 2. The third-order valence-electron chi connectivity index (χ3n) is 7.35. The van der Waals surface area contributed by atoms with Gasteiger partial charge in [-0.05, 0) is 68.6 Å². The molecular weight excluding hydrogens is 433 g/mol. The van der Waals surface area contributed by atoms with Crippen molar-refractivity contribution in [3.63, 3.8) is 0 Å². The lowest BCUT2D eigenvalue weighted by Crippen LogP contribution is -2.64. The number of para-hydroxylation sites is 1. The summed E-state index contributed by atoms with van der Waals surface area (Å²) in [5.74, 6) is 2.72. The van der Waals surface area contributed by atoms with E-state index in [0.717, 1.165) is 49.0 Å². The smallest absolute Gasteiger partial charge is 0.166 e. The fourth-order valence-electron chi connectivity index (χ4n) is 6.52. The van der Waals surface area contributed by atoms with Crippen molar-refractivity contribution >= 4 is 23.2 Å². The minimum absolute atomic E-state index is 0.0265. The molecule has 4 nitrogen and oxygen atoms in total. The molecule has 0 aliphatic heterocycles. The molecule has 2 N–H and O–H groups in total. The molecule has 166 valence electrons. The molecule has 6 heteroatoms. The molecule has 4 saturated carbocycles. The molecule has 0 saturated heterocycles. The van der Waals surface area contributed by atoms with E-state index in [-0.39, 0.29) is 5.54 Å². The Balaban J connectivity index is 1.34. The Hall–Kier alpha value is -1.46. The minimum atomic E-state index is -0.476. The first-order chi connectivity index (χ1) is 14.9. The van der Waals surface area contributed by atoms with Gasteiger partial charge in [0.25, 0.3) is 0 Å². The summed E-state index contributed by atoms with van der Waals surface area (Å²) in [6.45, 7) is 1.01. The van der Waals surface area contributed by atoms with E-state index in [0.29, 0.717) is 40.8 Å². The van der Waals surface area contributed by atoms with E-state index < -0.39 is 5.60 Å². The molecule has 2 aromatic rings. The van der Waals surface area contributed by atoms with E-state index in [1.807, 2.05) is 24.3 Å². The van der Waals surface area contributed by atoms with Gasteiger partial charge in [-0.2, -0.15) is 0 Å². The van der Waals surface area contributed by atoms with Crippen molar-refractivity contribution in [2.75, 3.05) is 7.11 Å². The first-order valence-corrected chi connectivity index (χ1v) is 11.8. The van der Waals surface area contributed by atoms with Gasteiger partial charge in [-0.1, -0.05) is 41.4 Å². The Kier molecular flexibility index (Phi) is 5.62. The molecule has 4 fully saturated rings. The Bertz CT molecular complexity index is 965. The Labute approximate surface area is 193 Å². The molecule has 4 aliphatic rings. The van der Waals surface area contributed by atoms with Crippen molar-refractivity contribution in [3.8, 4) is 11.5 Å². The molecule has 0 radical (unpaired) electrons. The molecule has 31 heavy (non-hydrogen) atoms. The van der Waals surface area contributed by atoms with Crippen LogP contribution in [0, 0.1) is 11.8 Å². The summed E-state index contributed by atoms with van der Waals surface area (Å²) in [6, 6.07) is 11.4. The van der Waals surface area contributed by atoms with Crippen LogP contribution in [0.5, 0.6) is 11.5 Å². The SMILES string of the molecule is COc1cccc(CNC23CC4CC(CC(O)(C4)C2)C3)c1OCc1ccc(Cl)cc1Cl. The van der Waals surface area contributed by atoms with Crippen molar-refractivity contribution in [1.29, 1.82) is 0 Å². The van der Waals surface area contributed by atoms with Gasteiger partial charge in [0.05, 0.1) is 12.7 Å². The van der Waals surface area contributed by atoms with Crippen LogP contribution in [0.4, 0.5) is 0 Å². The van der Waals surface area contributed by atoms with Crippen molar-refractivity contribution in [2.45, 2.75) is 62.8 Å². The van der Waals surface area contributed by atoms with Crippen LogP contribution in [0.3, 0.4) is 0 Å². The number of ether oxygens (including phenoxy) is 2. The van der Waals surface area contributed by atoms with Gasteiger partial charge < -0.3 is 19.9 Å². The standard InChI is InChI=1S/C25H29Cl2NO3/c1-30-22-4-2-3-18(23(22)31-14-19-5-6-20(26)8-21(19)27)13-28-24-9-16-7-17(10-24)12-25(29,11-16)15-24/h2-6,8,16-17,28-29H,7,9-15H2,1H3. The Morgan fingerprint density at radius 2 is 1.84 bits per heavy atom. The average Bonchev–Trinajstić information content (AvgIpc) is 2.70. The van der Waals surface area contributed by atoms with Crippen molar-refractivity contribution in [1.82, 2.24) is 5.32 Å². The number of methoxy groups -OCH3 is 1. The lowest BCUT2D eigenvalue weighted by molar-refractivity contribution is -0.142. The average molecular weight is 462 g/mol. The Morgan fingerprint density at radius 3 is 2.52 bits per heavy atom. The maximum atomic E-state index is 11.1. The summed E-state index contributed by atoms with van der Waals surface area (Å²) in [5, 5.41) is 16.1. The molecule has 4 bridgehead atoms. The zero-order chi connectivity index (χ0) is 21.6. The van der Waals surface area contributed by atoms with Gasteiger partial charge in [-0.25, -0.2) is 0 Å². The molecule has 2 atom stereocenters. The van der Waals surface area contributed by atoms with Crippen LogP contribution in [-0.4, -0.2) is 23.4 Å². The monoisotopic (exact) mass is 461 g/mol. The topological polar surface area (TPSA) is 50.7 Å². The molecule has 0 amide bonds. The quantitative estimate of drug-likeness (QED) is 0.550. The van der Waals surface area contributed by atoms with Crippen LogP contribution in [0.1, 0.15) is 49.7 Å². The summed E-state index contributed by atoms with van der Waals surface area (Å²) in [4.78, 5) is 0. The number of hydrogen-bond acceptors (Lipinski definition) is 4. The number of nitrogens with one attached hydrogen (secondary N) is 1. The highest BCUT2D eigenvalue weighted by atomic mass is 35.5. The van der Waals surface area contributed by atoms with E-state index in [1.54, 1.807) is 13.2 Å². The molecule has 6 rings (SSSR count). The zero-order valence-electron chi connectivity index (χ0n) is 17.8. The lowest BCUT2D eigenvalue weighted by Gasteiger charge is -2.60. The first-order valence-electron chi connectivity index (χ1n) is 11.1. The molecule has 4 aliphatic carbocycles. The Morgan fingerprint density at radius 1 is 1.06 bits per heavy atom.